The average molecular weight is 360 g/mol. The van der Waals surface area contributed by atoms with Gasteiger partial charge >= 0.3 is 0 Å². The lowest BCUT2D eigenvalue weighted by Crippen LogP contribution is -2.08. The van der Waals surface area contributed by atoms with Gasteiger partial charge in [-0.25, -0.2) is 8.78 Å². The number of hydrogen-bond donors (Lipinski definition) is 1. The highest BCUT2D eigenvalue weighted by Gasteiger charge is 2.16. The van der Waals surface area contributed by atoms with Gasteiger partial charge in [0.2, 0.25) is 0 Å². The Kier molecular flexibility index (Phi) is 4.95. The summed E-state index contributed by atoms with van der Waals surface area (Å²) < 4.78 is 35.5. The molecule has 0 radical (unpaired) electrons. The number of hydrogen-bond acceptors (Lipinski definition) is 3. The Morgan fingerprint density at radius 2 is 1.95 bits per heavy atom. The topological polar surface area (TPSA) is 39.1 Å². The van der Waals surface area contributed by atoms with E-state index in [0.717, 1.165) is 10.2 Å². The Labute approximate surface area is 130 Å². The van der Waals surface area contributed by atoms with Gasteiger partial charge in [0.05, 0.1) is 15.9 Å². The summed E-state index contributed by atoms with van der Waals surface area (Å²) in [6, 6.07) is 2.52. The van der Waals surface area contributed by atoms with Gasteiger partial charge in [0, 0.05) is 13.6 Å². The molecule has 0 saturated heterocycles. The van der Waals surface area contributed by atoms with Crippen LogP contribution in [0.4, 0.5) is 8.78 Å². The van der Waals surface area contributed by atoms with Crippen LogP contribution in [0.3, 0.4) is 0 Å². The van der Waals surface area contributed by atoms with E-state index in [2.05, 4.69) is 26.3 Å². The van der Waals surface area contributed by atoms with Gasteiger partial charge in [-0.3, -0.25) is 4.68 Å². The molecular formula is C14H16BrF2N3O. The molecule has 0 saturated carbocycles. The zero-order valence-corrected chi connectivity index (χ0v) is 13.6. The molecule has 4 nitrogen and oxygen atoms in total. The average Bonchev–Trinajstić information content (AvgIpc) is 2.64. The minimum atomic E-state index is -0.713. The monoisotopic (exact) mass is 359 g/mol. The van der Waals surface area contributed by atoms with E-state index in [4.69, 9.17) is 4.74 Å². The smallest absolute Gasteiger partial charge is 0.191 e. The lowest BCUT2D eigenvalue weighted by atomic mass is 10.2. The van der Waals surface area contributed by atoms with Crippen molar-refractivity contribution in [2.75, 3.05) is 7.05 Å². The van der Waals surface area contributed by atoms with Crippen LogP contribution in [-0.2, 0) is 20.2 Å². The Bertz CT molecular complexity index is 635. The minimum absolute atomic E-state index is 0.0249. The number of rotatable bonds is 5. The second kappa shape index (κ2) is 6.53. The number of nitrogens with one attached hydrogen (secondary N) is 1. The van der Waals surface area contributed by atoms with E-state index in [9.17, 15) is 8.78 Å². The van der Waals surface area contributed by atoms with Crippen molar-refractivity contribution in [3.05, 3.63) is 45.2 Å². The van der Waals surface area contributed by atoms with Crippen LogP contribution >= 0.6 is 15.9 Å². The second-order valence-corrected chi connectivity index (χ2v) is 5.47. The van der Waals surface area contributed by atoms with Crippen molar-refractivity contribution in [1.29, 1.82) is 0 Å². The molecule has 21 heavy (non-hydrogen) atoms. The Hall–Kier alpha value is -1.47. The summed E-state index contributed by atoms with van der Waals surface area (Å²) >= 11 is 3.38. The first-order chi connectivity index (χ1) is 9.93. The molecule has 1 heterocycles. The molecule has 1 N–H and O–H groups in total. The van der Waals surface area contributed by atoms with Crippen LogP contribution in [0, 0.1) is 18.6 Å². The summed E-state index contributed by atoms with van der Waals surface area (Å²) in [6.07, 6.45) is 0. The third-order valence-corrected chi connectivity index (χ3v) is 4.09. The number of ether oxygens (including phenoxy) is 1. The first kappa shape index (κ1) is 15.9. The van der Waals surface area contributed by atoms with Gasteiger partial charge in [0.25, 0.3) is 0 Å². The van der Waals surface area contributed by atoms with Crippen molar-refractivity contribution in [1.82, 2.24) is 15.1 Å². The summed E-state index contributed by atoms with van der Waals surface area (Å²) in [6.45, 7) is 2.25. The molecule has 0 fully saturated rings. The summed E-state index contributed by atoms with van der Waals surface area (Å²) in [5.41, 5.74) is 2.03. The van der Waals surface area contributed by atoms with Crippen LogP contribution < -0.4 is 10.1 Å². The summed E-state index contributed by atoms with van der Waals surface area (Å²) in [5, 5.41) is 7.04. The molecule has 1 aromatic carbocycles. The molecule has 0 aliphatic heterocycles. The fraction of sp³-hybridized carbons (Fsp3) is 0.357. The number of aryl methyl sites for hydroxylation is 2. The zero-order chi connectivity index (χ0) is 15.6. The van der Waals surface area contributed by atoms with Crippen LogP contribution in [-0.4, -0.2) is 16.8 Å². The molecule has 2 aromatic rings. The standard InChI is InChI=1S/C14H16BrF2N3O/c1-8-13(15)12(20(3)19-8)7-21-14-10(16)4-9(6-18-2)5-11(14)17/h4-5,18H,6-7H2,1-3H3. The van der Waals surface area contributed by atoms with E-state index >= 15 is 0 Å². The highest BCUT2D eigenvalue weighted by Crippen LogP contribution is 2.26. The molecule has 0 unspecified atom stereocenters. The van der Waals surface area contributed by atoms with Gasteiger partial charge in [-0.15, -0.1) is 0 Å². The normalized spacial score (nSPS) is 11.0. The number of halogens is 3. The summed E-state index contributed by atoms with van der Waals surface area (Å²) in [7, 11) is 3.46. The molecule has 1 aromatic heterocycles. The highest BCUT2D eigenvalue weighted by atomic mass is 79.9. The number of benzene rings is 1. The largest absolute Gasteiger partial charge is 0.481 e. The molecule has 114 valence electrons. The van der Waals surface area contributed by atoms with E-state index in [1.54, 1.807) is 18.8 Å². The van der Waals surface area contributed by atoms with Crippen LogP contribution in [0.1, 0.15) is 17.0 Å². The lowest BCUT2D eigenvalue weighted by Gasteiger charge is -2.10. The first-order valence-corrected chi connectivity index (χ1v) is 7.16. The van der Waals surface area contributed by atoms with E-state index < -0.39 is 11.6 Å². The highest BCUT2D eigenvalue weighted by molar-refractivity contribution is 9.10. The van der Waals surface area contributed by atoms with Crippen LogP contribution in [0.15, 0.2) is 16.6 Å². The fourth-order valence-electron chi connectivity index (χ4n) is 2.03. The number of aromatic nitrogens is 2. The summed E-state index contributed by atoms with van der Waals surface area (Å²) in [4.78, 5) is 0. The van der Waals surface area contributed by atoms with Crippen molar-refractivity contribution < 1.29 is 13.5 Å². The van der Waals surface area contributed by atoms with Gasteiger partial charge in [0.1, 0.15) is 6.61 Å². The molecule has 0 spiro atoms. The molecule has 0 aliphatic carbocycles. The quantitative estimate of drug-likeness (QED) is 0.891. The van der Waals surface area contributed by atoms with Gasteiger partial charge in [-0.2, -0.15) is 5.10 Å². The molecule has 0 aliphatic rings. The van der Waals surface area contributed by atoms with Gasteiger partial charge in [-0.05, 0) is 47.6 Å². The van der Waals surface area contributed by atoms with E-state index in [-0.39, 0.29) is 12.4 Å². The molecular weight excluding hydrogens is 344 g/mol. The van der Waals surface area contributed by atoms with Crippen molar-refractivity contribution in [2.24, 2.45) is 7.05 Å². The Morgan fingerprint density at radius 3 is 2.43 bits per heavy atom. The maximum absolute atomic E-state index is 13.9. The summed E-state index contributed by atoms with van der Waals surface area (Å²) in [5.74, 6) is -1.80. The fourth-order valence-corrected chi connectivity index (χ4v) is 2.48. The SMILES string of the molecule is CNCc1cc(F)c(OCc2c(Br)c(C)nn2C)c(F)c1. The second-order valence-electron chi connectivity index (χ2n) is 4.68. The first-order valence-electron chi connectivity index (χ1n) is 6.37. The third-order valence-electron chi connectivity index (χ3n) is 3.05. The van der Waals surface area contributed by atoms with Crippen LogP contribution in [0.2, 0.25) is 0 Å². The van der Waals surface area contributed by atoms with Crippen LogP contribution in [0.5, 0.6) is 5.75 Å². The Morgan fingerprint density at radius 1 is 1.33 bits per heavy atom. The molecule has 0 atom stereocenters. The van der Waals surface area contributed by atoms with E-state index in [0.29, 0.717) is 17.8 Å². The minimum Gasteiger partial charge on any atom is -0.481 e. The van der Waals surface area contributed by atoms with Gasteiger partial charge in [0.15, 0.2) is 17.4 Å². The number of nitrogens with zero attached hydrogens (tertiary/aromatic N) is 2. The van der Waals surface area contributed by atoms with Gasteiger partial charge < -0.3 is 10.1 Å². The zero-order valence-electron chi connectivity index (χ0n) is 12.0. The maximum Gasteiger partial charge on any atom is 0.191 e. The predicted octanol–water partition coefficient (Wildman–Crippen LogP) is 3.07. The molecule has 0 bridgehead atoms. The molecule has 7 heteroatoms. The van der Waals surface area contributed by atoms with Crippen molar-refractivity contribution in [3.8, 4) is 5.75 Å². The maximum atomic E-state index is 13.9. The van der Waals surface area contributed by atoms with Crippen LogP contribution in [0.25, 0.3) is 0 Å². The Balaban J connectivity index is 2.20. The molecule has 2 rings (SSSR count). The van der Waals surface area contributed by atoms with E-state index in [1.165, 1.54) is 12.1 Å². The molecule has 0 amide bonds. The van der Waals surface area contributed by atoms with E-state index in [1.807, 2.05) is 6.92 Å². The van der Waals surface area contributed by atoms with Crippen molar-refractivity contribution in [3.63, 3.8) is 0 Å². The lowest BCUT2D eigenvalue weighted by molar-refractivity contribution is 0.264. The van der Waals surface area contributed by atoms with Crippen molar-refractivity contribution in [2.45, 2.75) is 20.1 Å². The third kappa shape index (κ3) is 3.41. The van der Waals surface area contributed by atoms with Crippen molar-refractivity contribution >= 4 is 15.9 Å². The van der Waals surface area contributed by atoms with Gasteiger partial charge in [-0.1, -0.05) is 0 Å². The predicted molar refractivity (Wildman–Crippen MR) is 79.1 cm³/mol.